The van der Waals surface area contributed by atoms with E-state index in [1.54, 1.807) is 42.5 Å². The Labute approximate surface area is 144 Å². The van der Waals surface area contributed by atoms with E-state index in [1.165, 1.54) is 6.92 Å². The van der Waals surface area contributed by atoms with Gasteiger partial charge in [-0.25, -0.2) is 0 Å². The van der Waals surface area contributed by atoms with Gasteiger partial charge in [-0.1, -0.05) is 29.3 Å². The molecule has 23 heavy (non-hydrogen) atoms. The van der Waals surface area contributed by atoms with Crippen molar-refractivity contribution < 1.29 is 9.59 Å². The van der Waals surface area contributed by atoms with Gasteiger partial charge in [0.25, 0.3) is 0 Å². The highest BCUT2D eigenvalue weighted by Crippen LogP contribution is 2.29. The van der Waals surface area contributed by atoms with E-state index in [2.05, 4.69) is 10.6 Å². The minimum Gasteiger partial charge on any atom is -0.385 e. The van der Waals surface area contributed by atoms with Gasteiger partial charge in [0.15, 0.2) is 5.78 Å². The Hall–Kier alpha value is -2.04. The first-order valence-corrected chi connectivity index (χ1v) is 7.81. The molecule has 6 heteroatoms. The van der Waals surface area contributed by atoms with Crippen LogP contribution in [0.15, 0.2) is 42.5 Å². The topological polar surface area (TPSA) is 58.2 Å². The van der Waals surface area contributed by atoms with E-state index >= 15 is 0 Å². The number of hydrogen-bond donors (Lipinski definition) is 2. The SMILES string of the molecule is CC(=O)c1ccc(NCCC(=O)Nc2c(Cl)cccc2Cl)cc1. The lowest BCUT2D eigenvalue weighted by atomic mass is 10.1. The molecule has 4 nitrogen and oxygen atoms in total. The molecule has 0 unspecified atom stereocenters. The van der Waals surface area contributed by atoms with E-state index in [-0.39, 0.29) is 18.1 Å². The van der Waals surface area contributed by atoms with Crippen molar-refractivity contribution in [1.82, 2.24) is 0 Å². The molecule has 0 atom stereocenters. The standard InChI is InChI=1S/C17H16Cl2N2O2/c1-11(22)12-5-7-13(8-6-12)20-10-9-16(23)21-17-14(18)3-2-4-15(17)19/h2-8,20H,9-10H2,1H3,(H,21,23). The van der Waals surface area contributed by atoms with E-state index < -0.39 is 0 Å². The summed E-state index contributed by atoms with van der Waals surface area (Å²) in [4.78, 5) is 23.1. The number of para-hydroxylation sites is 1. The van der Waals surface area contributed by atoms with Gasteiger partial charge in [0.1, 0.15) is 0 Å². The number of hydrogen-bond acceptors (Lipinski definition) is 3. The van der Waals surface area contributed by atoms with Crippen LogP contribution in [0, 0.1) is 0 Å². The molecule has 0 radical (unpaired) electrons. The van der Waals surface area contributed by atoms with Crippen LogP contribution < -0.4 is 10.6 Å². The van der Waals surface area contributed by atoms with Crippen molar-refractivity contribution in [3.63, 3.8) is 0 Å². The van der Waals surface area contributed by atoms with Gasteiger partial charge in [-0.05, 0) is 43.3 Å². The minimum atomic E-state index is -0.187. The fraction of sp³-hybridized carbons (Fsp3) is 0.176. The highest BCUT2D eigenvalue weighted by Gasteiger charge is 2.09. The Morgan fingerprint density at radius 1 is 1.00 bits per heavy atom. The van der Waals surface area contributed by atoms with Crippen LogP contribution in [0.25, 0.3) is 0 Å². The summed E-state index contributed by atoms with van der Waals surface area (Å²) in [5.41, 5.74) is 1.92. The maximum absolute atomic E-state index is 11.9. The summed E-state index contributed by atoms with van der Waals surface area (Å²) in [6.45, 7) is 1.97. The van der Waals surface area contributed by atoms with Crippen molar-refractivity contribution >= 4 is 46.3 Å². The number of carbonyl (C=O) groups is 2. The van der Waals surface area contributed by atoms with E-state index in [1.807, 2.05) is 0 Å². The van der Waals surface area contributed by atoms with Gasteiger partial charge in [-0.3, -0.25) is 9.59 Å². The number of carbonyl (C=O) groups excluding carboxylic acids is 2. The number of benzene rings is 2. The molecule has 0 aliphatic rings. The fourth-order valence-corrected chi connectivity index (χ4v) is 2.45. The van der Waals surface area contributed by atoms with Crippen LogP contribution in [-0.4, -0.2) is 18.2 Å². The molecule has 0 aliphatic carbocycles. The number of nitrogens with one attached hydrogen (secondary N) is 2. The Balaban J connectivity index is 1.84. The summed E-state index contributed by atoms with van der Waals surface area (Å²) < 4.78 is 0. The number of ketones is 1. The molecular weight excluding hydrogens is 335 g/mol. The number of amides is 1. The molecule has 120 valence electrons. The van der Waals surface area contributed by atoms with Crippen molar-refractivity contribution in [2.45, 2.75) is 13.3 Å². The normalized spacial score (nSPS) is 10.2. The second-order valence-corrected chi connectivity index (χ2v) is 5.77. The maximum atomic E-state index is 11.9. The molecule has 2 rings (SSSR count). The van der Waals surface area contributed by atoms with Gasteiger partial charge < -0.3 is 10.6 Å². The second-order valence-electron chi connectivity index (χ2n) is 4.96. The first-order chi connectivity index (χ1) is 11.0. The Morgan fingerprint density at radius 3 is 2.17 bits per heavy atom. The van der Waals surface area contributed by atoms with Crippen LogP contribution in [0.4, 0.5) is 11.4 Å². The van der Waals surface area contributed by atoms with Gasteiger partial charge in [0, 0.05) is 24.2 Å². The fourth-order valence-electron chi connectivity index (χ4n) is 1.96. The predicted molar refractivity (Wildman–Crippen MR) is 94.6 cm³/mol. The number of Topliss-reactive ketones (excluding diaryl/α,β-unsaturated/α-hetero) is 1. The molecule has 2 aromatic carbocycles. The third kappa shape index (κ3) is 4.98. The largest absolute Gasteiger partial charge is 0.385 e. The number of rotatable bonds is 6. The van der Waals surface area contributed by atoms with E-state index in [9.17, 15) is 9.59 Å². The highest BCUT2D eigenvalue weighted by molar-refractivity contribution is 6.39. The lowest BCUT2D eigenvalue weighted by molar-refractivity contribution is -0.115. The molecule has 0 bridgehead atoms. The summed E-state index contributed by atoms with van der Waals surface area (Å²) >= 11 is 12.0. The van der Waals surface area contributed by atoms with Crippen LogP contribution in [-0.2, 0) is 4.79 Å². The molecule has 0 saturated heterocycles. The smallest absolute Gasteiger partial charge is 0.226 e. The zero-order valence-electron chi connectivity index (χ0n) is 12.5. The Morgan fingerprint density at radius 2 is 1.61 bits per heavy atom. The van der Waals surface area contributed by atoms with Crippen LogP contribution >= 0.6 is 23.2 Å². The molecule has 1 amide bonds. The molecule has 0 saturated carbocycles. The van der Waals surface area contributed by atoms with Crippen molar-refractivity contribution in [2.24, 2.45) is 0 Å². The molecule has 2 N–H and O–H groups in total. The van der Waals surface area contributed by atoms with E-state index in [0.717, 1.165) is 5.69 Å². The summed E-state index contributed by atoms with van der Waals surface area (Å²) in [7, 11) is 0. The van der Waals surface area contributed by atoms with Gasteiger partial charge in [0.2, 0.25) is 5.91 Å². The molecule has 0 aliphatic heterocycles. The third-order valence-corrected chi connectivity index (χ3v) is 3.83. The average Bonchev–Trinajstić information content (AvgIpc) is 2.51. The van der Waals surface area contributed by atoms with Crippen molar-refractivity contribution in [3.8, 4) is 0 Å². The monoisotopic (exact) mass is 350 g/mol. The van der Waals surface area contributed by atoms with E-state index in [4.69, 9.17) is 23.2 Å². The summed E-state index contributed by atoms with van der Waals surface area (Å²) in [5, 5.41) is 6.62. The van der Waals surface area contributed by atoms with Crippen LogP contribution in [0.3, 0.4) is 0 Å². The maximum Gasteiger partial charge on any atom is 0.226 e. The van der Waals surface area contributed by atoms with Gasteiger partial charge in [-0.2, -0.15) is 0 Å². The van der Waals surface area contributed by atoms with Gasteiger partial charge >= 0.3 is 0 Å². The first kappa shape index (κ1) is 17.3. The molecule has 0 heterocycles. The zero-order valence-corrected chi connectivity index (χ0v) is 14.0. The van der Waals surface area contributed by atoms with Gasteiger partial charge in [-0.15, -0.1) is 0 Å². The Kier molecular flexibility index (Phi) is 6.02. The summed E-state index contributed by atoms with van der Waals surface area (Å²) in [5.74, 6) is -0.166. The summed E-state index contributed by atoms with van der Waals surface area (Å²) in [6, 6.07) is 12.1. The highest BCUT2D eigenvalue weighted by atomic mass is 35.5. The van der Waals surface area contributed by atoms with Gasteiger partial charge in [0.05, 0.1) is 15.7 Å². The van der Waals surface area contributed by atoms with Crippen molar-refractivity contribution in [3.05, 3.63) is 58.1 Å². The van der Waals surface area contributed by atoms with Crippen LogP contribution in [0.5, 0.6) is 0 Å². The first-order valence-electron chi connectivity index (χ1n) is 7.06. The van der Waals surface area contributed by atoms with Crippen molar-refractivity contribution in [1.29, 1.82) is 0 Å². The Bertz CT molecular complexity index is 695. The van der Waals surface area contributed by atoms with Crippen molar-refractivity contribution in [2.75, 3.05) is 17.2 Å². The average molecular weight is 351 g/mol. The lowest BCUT2D eigenvalue weighted by Gasteiger charge is -2.10. The molecule has 0 aromatic heterocycles. The summed E-state index contributed by atoms with van der Waals surface area (Å²) in [6.07, 6.45) is 0.260. The molecule has 0 spiro atoms. The van der Waals surface area contributed by atoms with Crippen LogP contribution in [0.2, 0.25) is 10.0 Å². The number of halogens is 2. The quantitative estimate of drug-likeness (QED) is 0.746. The molecular formula is C17H16Cl2N2O2. The lowest BCUT2D eigenvalue weighted by Crippen LogP contribution is -2.16. The van der Waals surface area contributed by atoms with E-state index in [0.29, 0.717) is 27.8 Å². The predicted octanol–water partition coefficient (Wildman–Crippen LogP) is 4.64. The molecule has 2 aromatic rings. The third-order valence-electron chi connectivity index (χ3n) is 3.20. The number of anilines is 2. The zero-order chi connectivity index (χ0) is 16.8. The molecule has 0 fully saturated rings. The van der Waals surface area contributed by atoms with Crippen LogP contribution in [0.1, 0.15) is 23.7 Å². The second kappa shape index (κ2) is 7.99. The minimum absolute atomic E-state index is 0.0209.